The lowest BCUT2D eigenvalue weighted by molar-refractivity contribution is 0.202. The lowest BCUT2D eigenvalue weighted by atomic mass is 9.53. The molecule has 0 radical (unpaired) electrons. The molecule has 3 aliphatic rings. The molecule has 0 saturated heterocycles. The van der Waals surface area contributed by atoms with Gasteiger partial charge in [-0.3, -0.25) is 0 Å². The summed E-state index contributed by atoms with van der Waals surface area (Å²) >= 11 is 0. The standard InChI is InChI=1S/C30H40N2/c1-9-10-11-18(2)12-13-26(32)25-14-15-30(8)17-24-16-19(3)27(23(7)31)21(5)28(24)22(6)29(30)20(25)4/h24,28H,2,4-5,7,9,12-17,31-32H2,1,3,6,8H3/b26-25-. The van der Waals surface area contributed by atoms with E-state index in [1.807, 2.05) is 0 Å². The molecular formula is C30H40N2. The first-order valence-corrected chi connectivity index (χ1v) is 11.9. The van der Waals surface area contributed by atoms with Gasteiger partial charge in [-0.05, 0) is 97.1 Å². The molecule has 0 aliphatic heterocycles. The van der Waals surface area contributed by atoms with Gasteiger partial charge in [0.1, 0.15) is 0 Å². The van der Waals surface area contributed by atoms with Crippen LogP contribution < -0.4 is 11.5 Å². The van der Waals surface area contributed by atoms with Crippen molar-refractivity contribution >= 4 is 0 Å². The van der Waals surface area contributed by atoms with E-state index in [1.165, 1.54) is 22.3 Å². The summed E-state index contributed by atoms with van der Waals surface area (Å²) in [5, 5.41) is 0. The SMILES string of the molecule is C=C(C#CCC)CC/C(N)=C1\CCC2(C)CC3CC(C)=C(C(=C)N)C(=C)C3C(C)=C2C1=C. The Balaban J connectivity index is 1.96. The average molecular weight is 429 g/mol. The van der Waals surface area contributed by atoms with Crippen LogP contribution >= 0.6 is 0 Å². The molecule has 0 spiro atoms. The van der Waals surface area contributed by atoms with Crippen molar-refractivity contribution in [3.05, 3.63) is 82.3 Å². The zero-order valence-corrected chi connectivity index (χ0v) is 20.6. The molecule has 4 N–H and O–H groups in total. The molecule has 3 aliphatic carbocycles. The molecule has 0 aromatic heterocycles. The molecule has 2 heteroatoms. The van der Waals surface area contributed by atoms with E-state index in [9.17, 15) is 0 Å². The summed E-state index contributed by atoms with van der Waals surface area (Å²) < 4.78 is 0. The molecular weight excluding hydrogens is 388 g/mol. The molecule has 0 bridgehead atoms. The van der Waals surface area contributed by atoms with Gasteiger partial charge in [0.2, 0.25) is 0 Å². The Labute approximate surface area is 195 Å². The van der Waals surface area contributed by atoms with E-state index in [2.05, 4.69) is 65.9 Å². The first-order valence-electron chi connectivity index (χ1n) is 11.9. The van der Waals surface area contributed by atoms with E-state index in [0.717, 1.165) is 72.9 Å². The molecule has 3 unspecified atom stereocenters. The maximum absolute atomic E-state index is 6.62. The summed E-state index contributed by atoms with van der Waals surface area (Å²) in [6.07, 6.45) is 6.75. The van der Waals surface area contributed by atoms with Crippen LogP contribution in [0, 0.1) is 29.1 Å². The minimum absolute atomic E-state index is 0.139. The van der Waals surface area contributed by atoms with E-state index in [0.29, 0.717) is 17.5 Å². The molecule has 2 nitrogen and oxygen atoms in total. The minimum atomic E-state index is 0.139. The molecule has 170 valence electrons. The van der Waals surface area contributed by atoms with Gasteiger partial charge in [-0.15, -0.1) is 0 Å². The van der Waals surface area contributed by atoms with Gasteiger partial charge in [0.15, 0.2) is 0 Å². The second kappa shape index (κ2) is 9.07. The predicted molar refractivity (Wildman–Crippen MR) is 138 cm³/mol. The van der Waals surface area contributed by atoms with Crippen LogP contribution in [0.5, 0.6) is 0 Å². The van der Waals surface area contributed by atoms with Crippen LogP contribution in [0.1, 0.15) is 72.6 Å². The maximum atomic E-state index is 6.62. The fraction of sp³-hybridized carbons (Fsp3) is 0.467. The van der Waals surface area contributed by atoms with Gasteiger partial charge in [-0.25, -0.2) is 0 Å². The Morgan fingerprint density at radius 2 is 1.84 bits per heavy atom. The van der Waals surface area contributed by atoms with Crippen LogP contribution in [0.2, 0.25) is 0 Å². The Bertz CT molecular complexity index is 1050. The van der Waals surface area contributed by atoms with Crippen LogP contribution in [0.25, 0.3) is 0 Å². The van der Waals surface area contributed by atoms with Gasteiger partial charge in [0.05, 0.1) is 0 Å². The van der Waals surface area contributed by atoms with Gasteiger partial charge in [0, 0.05) is 23.7 Å². The van der Waals surface area contributed by atoms with Crippen molar-refractivity contribution in [2.75, 3.05) is 0 Å². The highest BCUT2D eigenvalue weighted by Crippen LogP contribution is 2.60. The fourth-order valence-electron chi connectivity index (χ4n) is 6.52. The lowest BCUT2D eigenvalue weighted by Crippen LogP contribution is -2.40. The lowest BCUT2D eigenvalue weighted by Gasteiger charge is -2.51. The zero-order chi connectivity index (χ0) is 23.8. The second-order valence-corrected chi connectivity index (χ2v) is 10.2. The number of fused-ring (bicyclic) bond motifs is 2. The smallest absolute Gasteiger partial charge is 0.0316 e. The molecule has 1 saturated carbocycles. The number of allylic oxidation sites excluding steroid dienone is 8. The van der Waals surface area contributed by atoms with Gasteiger partial charge >= 0.3 is 0 Å². The highest BCUT2D eigenvalue weighted by atomic mass is 14.6. The van der Waals surface area contributed by atoms with E-state index < -0.39 is 0 Å². The molecule has 0 amide bonds. The van der Waals surface area contributed by atoms with Crippen molar-refractivity contribution in [1.82, 2.24) is 0 Å². The monoisotopic (exact) mass is 428 g/mol. The van der Waals surface area contributed by atoms with Crippen molar-refractivity contribution in [3.8, 4) is 11.8 Å². The average Bonchev–Trinajstić information content (AvgIpc) is 2.69. The summed E-state index contributed by atoms with van der Waals surface area (Å²) in [5.41, 5.74) is 24.1. The maximum Gasteiger partial charge on any atom is 0.0316 e. The topological polar surface area (TPSA) is 52.0 Å². The number of nitrogens with two attached hydrogens (primary N) is 2. The molecule has 3 atom stereocenters. The van der Waals surface area contributed by atoms with E-state index >= 15 is 0 Å². The van der Waals surface area contributed by atoms with Gasteiger partial charge in [-0.2, -0.15) is 0 Å². The van der Waals surface area contributed by atoms with Crippen molar-refractivity contribution in [2.24, 2.45) is 28.7 Å². The summed E-state index contributed by atoms with van der Waals surface area (Å²) in [6.45, 7) is 26.1. The summed E-state index contributed by atoms with van der Waals surface area (Å²) in [5.74, 6) is 7.09. The summed E-state index contributed by atoms with van der Waals surface area (Å²) in [6, 6.07) is 0. The van der Waals surface area contributed by atoms with Crippen LogP contribution in [0.15, 0.2) is 82.3 Å². The first-order chi connectivity index (χ1) is 15.0. The van der Waals surface area contributed by atoms with E-state index in [-0.39, 0.29) is 5.41 Å². The quantitative estimate of drug-likeness (QED) is 0.473. The Kier molecular flexibility index (Phi) is 6.80. The van der Waals surface area contributed by atoms with E-state index in [4.69, 9.17) is 11.5 Å². The third-order valence-corrected chi connectivity index (χ3v) is 7.78. The summed E-state index contributed by atoms with van der Waals surface area (Å²) in [7, 11) is 0. The summed E-state index contributed by atoms with van der Waals surface area (Å²) in [4.78, 5) is 0. The van der Waals surface area contributed by atoms with E-state index in [1.54, 1.807) is 0 Å². The highest BCUT2D eigenvalue weighted by Gasteiger charge is 2.48. The molecule has 1 fully saturated rings. The van der Waals surface area contributed by atoms with Crippen molar-refractivity contribution in [2.45, 2.75) is 72.6 Å². The third kappa shape index (κ3) is 4.18. The van der Waals surface area contributed by atoms with Gasteiger partial charge in [0.25, 0.3) is 0 Å². The normalized spacial score (nSPS) is 29.1. The highest BCUT2D eigenvalue weighted by molar-refractivity contribution is 5.60. The number of hydrogen-bond donors (Lipinski definition) is 2. The fourth-order valence-corrected chi connectivity index (χ4v) is 6.52. The van der Waals surface area contributed by atoms with Crippen molar-refractivity contribution < 1.29 is 0 Å². The van der Waals surface area contributed by atoms with Crippen LogP contribution in [-0.2, 0) is 0 Å². The van der Waals surface area contributed by atoms with Gasteiger partial charge in [-0.1, -0.05) is 63.2 Å². The first kappa shape index (κ1) is 24.0. The molecule has 0 aromatic rings. The Hall–Kier alpha value is -2.66. The molecule has 32 heavy (non-hydrogen) atoms. The molecule has 3 rings (SSSR count). The van der Waals surface area contributed by atoms with Crippen LogP contribution in [-0.4, -0.2) is 0 Å². The van der Waals surface area contributed by atoms with Crippen molar-refractivity contribution in [1.29, 1.82) is 0 Å². The predicted octanol–water partition coefficient (Wildman–Crippen LogP) is 7.01. The molecule has 0 heterocycles. The Morgan fingerprint density at radius 1 is 1.16 bits per heavy atom. The van der Waals surface area contributed by atoms with Gasteiger partial charge < -0.3 is 11.5 Å². The van der Waals surface area contributed by atoms with Crippen LogP contribution in [0.4, 0.5) is 0 Å². The number of rotatable bonds is 4. The molecule has 0 aromatic carbocycles. The van der Waals surface area contributed by atoms with Crippen molar-refractivity contribution in [3.63, 3.8) is 0 Å². The van der Waals surface area contributed by atoms with Crippen LogP contribution in [0.3, 0.4) is 0 Å². The third-order valence-electron chi connectivity index (χ3n) is 7.78. The zero-order valence-electron chi connectivity index (χ0n) is 20.6. The largest absolute Gasteiger partial charge is 0.402 e. The minimum Gasteiger partial charge on any atom is -0.402 e. The number of hydrogen-bond acceptors (Lipinski definition) is 2. The second-order valence-electron chi connectivity index (χ2n) is 10.2. The Morgan fingerprint density at radius 3 is 2.47 bits per heavy atom.